The van der Waals surface area contributed by atoms with Gasteiger partial charge in [0.25, 0.3) is 5.91 Å². The first kappa shape index (κ1) is 22.7. The van der Waals surface area contributed by atoms with E-state index in [1.54, 1.807) is 17.0 Å². The third-order valence-electron chi connectivity index (χ3n) is 6.52. The van der Waals surface area contributed by atoms with Gasteiger partial charge in [0.05, 0.1) is 16.7 Å². The molecule has 2 fully saturated rings. The molecule has 1 N–H and O–H groups in total. The van der Waals surface area contributed by atoms with Crippen LogP contribution in [-0.4, -0.2) is 74.4 Å². The zero-order valence-electron chi connectivity index (χ0n) is 18.6. The molecule has 5 rings (SSSR count). The number of sulfonamides is 1. The number of carbonyl (C=O) groups excluding carboxylic acids is 2. The number of benzene rings is 1. The van der Waals surface area contributed by atoms with Gasteiger partial charge in [0.1, 0.15) is 25.5 Å². The third-order valence-corrected chi connectivity index (χ3v) is 8.43. The number of likely N-dealkylation sites (tertiary alicyclic amines) is 1. The second kappa shape index (κ2) is 9.30. The molecule has 3 aliphatic heterocycles. The van der Waals surface area contributed by atoms with E-state index in [-0.39, 0.29) is 29.3 Å². The maximum absolute atomic E-state index is 13.4. The van der Waals surface area contributed by atoms with Crippen molar-refractivity contribution in [3.05, 3.63) is 42.4 Å². The van der Waals surface area contributed by atoms with Crippen molar-refractivity contribution in [2.75, 3.05) is 32.8 Å². The minimum absolute atomic E-state index is 0.0857. The normalized spacial score (nSPS) is 21.4. The van der Waals surface area contributed by atoms with Gasteiger partial charge in [-0.2, -0.15) is 4.31 Å². The van der Waals surface area contributed by atoms with Crippen LogP contribution in [0.1, 0.15) is 36.0 Å². The molecule has 1 aromatic carbocycles. The molecule has 4 heterocycles. The number of ether oxygens (including phenoxy) is 2. The smallest absolute Gasteiger partial charge is 0.257 e. The fraction of sp³-hybridized carbons (Fsp3) is 0.478. The predicted octanol–water partition coefficient (Wildman–Crippen LogP) is 1.62. The summed E-state index contributed by atoms with van der Waals surface area (Å²) >= 11 is 0. The molecule has 0 aliphatic carbocycles. The number of rotatable bonds is 5. The van der Waals surface area contributed by atoms with Gasteiger partial charge in [-0.1, -0.05) is 0 Å². The lowest BCUT2D eigenvalue weighted by molar-refractivity contribution is -0.125. The highest BCUT2D eigenvalue weighted by Crippen LogP contribution is 2.35. The minimum Gasteiger partial charge on any atom is -0.486 e. The summed E-state index contributed by atoms with van der Waals surface area (Å²) in [4.78, 5) is 27.4. The van der Waals surface area contributed by atoms with E-state index in [1.807, 2.05) is 0 Å². The summed E-state index contributed by atoms with van der Waals surface area (Å²) < 4.78 is 44.0. The van der Waals surface area contributed by atoms with Gasteiger partial charge in [0.15, 0.2) is 11.5 Å². The summed E-state index contributed by atoms with van der Waals surface area (Å²) in [5, 5.41) is 3.01. The Hall–Kier alpha value is -3.05. The highest BCUT2D eigenvalue weighted by Gasteiger charge is 2.40. The molecular weight excluding hydrogens is 462 g/mol. The number of hydrogen-bond acceptors (Lipinski definition) is 7. The van der Waals surface area contributed by atoms with Crippen molar-refractivity contribution in [2.24, 2.45) is 0 Å². The fourth-order valence-electron chi connectivity index (χ4n) is 4.70. The molecule has 0 bridgehead atoms. The maximum Gasteiger partial charge on any atom is 0.257 e. The molecule has 10 nitrogen and oxygen atoms in total. The molecule has 0 saturated carbocycles. The van der Waals surface area contributed by atoms with Crippen LogP contribution < -0.4 is 14.8 Å². The lowest BCUT2D eigenvalue weighted by atomic mass is 10.0. The molecule has 2 saturated heterocycles. The van der Waals surface area contributed by atoms with Gasteiger partial charge in [0, 0.05) is 31.7 Å². The molecule has 2 aromatic rings. The second-order valence-electron chi connectivity index (χ2n) is 8.67. The summed E-state index contributed by atoms with van der Waals surface area (Å²) in [6, 6.07) is 5.30. The van der Waals surface area contributed by atoms with Crippen LogP contribution in [0.4, 0.5) is 0 Å². The van der Waals surface area contributed by atoms with Gasteiger partial charge in [-0.15, -0.1) is 0 Å². The quantitative estimate of drug-likeness (QED) is 0.678. The molecule has 0 radical (unpaired) electrons. The van der Waals surface area contributed by atoms with Gasteiger partial charge in [-0.25, -0.2) is 8.42 Å². The van der Waals surface area contributed by atoms with E-state index in [2.05, 4.69) is 5.32 Å². The van der Waals surface area contributed by atoms with E-state index in [0.717, 1.165) is 0 Å². The molecule has 11 heteroatoms. The summed E-state index contributed by atoms with van der Waals surface area (Å²) in [7, 11) is -3.88. The number of furan rings is 1. The molecule has 1 atom stereocenters. The average molecular weight is 490 g/mol. The standard InChI is InChI=1S/C23H27N3O7S/c27-22(24-17-5-9-25(10-6-17)23(28)16-7-11-31-15-16)19-2-1-8-26(19)34(29,30)18-3-4-20-21(14-18)33-13-12-32-20/h3-4,7,11,14-15,17,19H,1-2,5-6,8-10,12-13H2,(H,24,27). The van der Waals surface area contributed by atoms with E-state index >= 15 is 0 Å². The molecule has 1 unspecified atom stereocenters. The second-order valence-corrected chi connectivity index (χ2v) is 10.6. The van der Waals surface area contributed by atoms with Crippen molar-refractivity contribution in [3.8, 4) is 11.5 Å². The van der Waals surface area contributed by atoms with E-state index in [9.17, 15) is 18.0 Å². The van der Waals surface area contributed by atoms with Crippen molar-refractivity contribution >= 4 is 21.8 Å². The summed E-state index contributed by atoms with van der Waals surface area (Å²) in [5.74, 6) is 0.520. The van der Waals surface area contributed by atoms with Crippen molar-refractivity contribution < 1.29 is 31.9 Å². The number of carbonyl (C=O) groups is 2. The lowest BCUT2D eigenvalue weighted by Gasteiger charge is -2.33. The molecule has 2 amide bonds. The van der Waals surface area contributed by atoms with Crippen LogP contribution in [0.25, 0.3) is 0 Å². The highest BCUT2D eigenvalue weighted by atomic mass is 32.2. The minimum atomic E-state index is -3.88. The summed E-state index contributed by atoms with van der Waals surface area (Å²) in [6.07, 6.45) is 5.18. The Labute approximate surface area is 197 Å². The first-order valence-electron chi connectivity index (χ1n) is 11.5. The average Bonchev–Trinajstić information content (AvgIpc) is 3.57. The van der Waals surface area contributed by atoms with Gasteiger partial charge in [-0.05, 0) is 43.9 Å². The van der Waals surface area contributed by atoms with Crippen molar-refractivity contribution in [3.63, 3.8) is 0 Å². The molecule has 0 spiro atoms. The first-order valence-corrected chi connectivity index (χ1v) is 12.9. The number of hydrogen-bond donors (Lipinski definition) is 1. The Bertz CT molecular complexity index is 1160. The van der Waals surface area contributed by atoms with Crippen molar-refractivity contribution in [2.45, 2.75) is 42.7 Å². The van der Waals surface area contributed by atoms with Crippen molar-refractivity contribution in [1.29, 1.82) is 0 Å². The van der Waals surface area contributed by atoms with Crippen LogP contribution in [0.2, 0.25) is 0 Å². The number of piperidine rings is 1. The van der Waals surface area contributed by atoms with E-state index in [0.29, 0.717) is 69.0 Å². The zero-order valence-corrected chi connectivity index (χ0v) is 19.5. The zero-order chi connectivity index (χ0) is 23.7. The maximum atomic E-state index is 13.4. The summed E-state index contributed by atoms with van der Waals surface area (Å²) in [6.45, 7) is 2.09. The van der Waals surface area contributed by atoms with E-state index < -0.39 is 16.1 Å². The van der Waals surface area contributed by atoms with Gasteiger partial charge < -0.3 is 24.1 Å². The van der Waals surface area contributed by atoms with E-state index in [1.165, 1.54) is 29.0 Å². The monoisotopic (exact) mass is 489 g/mol. The SMILES string of the molecule is O=C(NC1CCN(C(=O)c2ccoc2)CC1)C1CCCN1S(=O)(=O)c1ccc2c(c1)OCCO2. The Morgan fingerprint density at radius 2 is 1.74 bits per heavy atom. The van der Waals surface area contributed by atoms with Gasteiger partial charge >= 0.3 is 0 Å². The Morgan fingerprint density at radius 3 is 2.47 bits per heavy atom. The molecular formula is C23H27N3O7S. The van der Waals surface area contributed by atoms with Crippen LogP contribution in [0.3, 0.4) is 0 Å². The van der Waals surface area contributed by atoms with Crippen LogP contribution in [-0.2, 0) is 14.8 Å². The fourth-order valence-corrected chi connectivity index (χ4v) is 6.37. The van der Waals surface area contributed by atoms with Crippen LogP contribution in [0.15, 0.2) is 46.1 Å². The molecule has 34 heavy (non-hydrogen) atoms. The molecule has 3 aliphatic rings. The van der Waals surface area contributed by atoms with Gasteiger partial charge in [-0.3, -0.25) is 9.59 Å². The first-order chi connectivity index (χ1) is 16.4. The van der Waals surface area contributed by atoms with Crippen LogP contribution in [0, 0.1) is 0 Å². The Morgan fingerprint density at radius 1 is 0.971 bits per heavy atom. The number of amides is 2. The Kier molecular flexibility index (Phi) is 6.22. The highest BCUT2D eigenvalue weighted by molar-refractivity contribution is 7.89. The van der Waals surface area contributed by atoms with Gasteiger partial charge in [0.2, 0.25) is 15.9 Å². The number of nitrogens with zero attached hydrogens (tertiary/aromatic N) is 2. The Balaban J connectivity index is 1.22. The summed E-state index contributed by atoms with van der Waals surface area (Å²) in [5.41, 5.74) is 0.508. The lowest BCUT2D eigenvalue weighted by Crippen LogP contribution is -2.52. The topological polar surface area (TPSA) is 118 Å². The third kappa shape index (κ3) is 4.37. The number of nitrogens with one attached hydrogen (secondary N) is 1. The van der Waals surface area contributed by atoms with Crippen LogP contribution >= 0.6 is 0 Å². The number of fused-ring (bicyclic) bond motifs is 1. The predicted molar refractivity (Wildman–Crippen MR) is 120 cm³/mol. The largest absolute Gasteiger partial charge is 0.486 e. The van der Waals surface area contributed by atoms with Crippen LogP contribution in [0.5, 0.6) is 11.5 Å². The van der Waals surface area contributed by atoms with E-state index in [4.69, 9.17) is 13.9 Å². The molecule has 1 aromatic heterocycles. The van der Waals surface area contributed by atoms with Crippen molar-refractivity contribution in [1.82, 2.24) is 14.5 Å². The molecule has 182 valence electrons.